The standard InChI is InChI=1S/C16H10.C8H6O2/c1-3-11-7-9-13-5-2-6-14-10-8-12(4-1)15(11)16(13)14;9-5-7-1-2-8(6-10)4-3-7/h1-10H;1-6H. The maximum absolute atomic E-state index is 10.1. The van der Waals surface area contributed by atoms with Crippen LogP contribution in [0.1, 0.15) is 20.7 Å². The average molecular weight is 336 g/mol. The Hall–Kier alpha value is -3.52. The molecule has 0 saturated carbocycles. The van der Waals surface area contributed by atoms with Crippen molar-refractivity contribution in [3.63, 3.8) is 0 Å². The van der Waals surface area contributed by atoms with Crippen molar-refractivity contribution in [2.45, 2.75) is 0 Å². The minimum absolute atomic E-state index is 0.589. The lowest BCUT2D eigenvalue weighted by Gasteiger charge is -2.09. The van der Waals surface area contributed by atoms with E-state index < -0.39 is 0 Å². The predicted molar refractivity (Wildman–Crippen MR) is 107 cm³/mol. The number of benzene rings is 5. The van der Waals surface area contributed by atoms with Gasteiger partial charge in [-0.1, -0.05) is 84.9 Å². The Morgan fingerprint density at radius 2 is 0.731 bits per heavy atom. The Kier molecular flexibility index (Phi) is 4.16. The third kappa shape index (κ3) is 2.82. The van der Waals surface area contributed by atoms with Crippen molar-refractivity contribution >= 4 is 44.9 Å². The molecule has 0 amide bonds. The number of rotatable bonds is 2. The molecule has 0 heterocycles. The van der Waals surface area contributed by atoms with Gasteiger partial charge in [-0.25, -0.2) is 0 Å². The normalized spacial score (nSPS) is 10.6. The fraction of sp³-hybridized carbons (Fsp3) is 0. The number of carbonyl (C=O) groups excluding carboxylic acids is 2. The van der Waals surface area contributed by atoms with Gasteiger partial charge >= 0.3 is 0 Å². The molecule has 0 atom stereocenters. The third-order valence-electron chi connectivity index (χ3n) is 4.60. The van der Waals surface area contributed by atoms with Gasteiger partial charge in [-0.2, -0.15) is 0 Å². The van der Waals surface area contributed by atoms with Gasteiger partial charge in [-0.05, 0) is 32.3 Å². The minimum atomic E-state index is 0.589. The molecule has 2 heteroatoms. The smallest absolute Gasteiger partial charge is 0.150 e. The van der Waals surface area contributed by atoms with Gasteiger partial charge in [0, 0.05) is 11.1 Å². The van der Waals surface area contributed by atoms with E-state index in [0.717, 1.165) is 12.6 Å². The Bertz CT molecular complexity index is 1050. The van der Waals surface area contributed by atoms with E-state index in [0.29, 0.717) is 11.1 Å². The molecular formula is C24H16O2. The molecule has 0 aliphatic heterocycles. The van der Waals surface area contributed by atoms with Crippen molar-refractivity contribution < 1.29 is 9.59 Å². The lowest BCUT2D eigenvalue weighted by molar-refractivity contribution is 0.111. The highest BCUT2D eigenvalue weighted by atomic mass is 16.1. The molecule has 0 aliphatic rings. The summed E-state index contributed by atoms with van der Waals surface area (Å²) in [7, 11) is 0. The number of hydrogen-bond acceptors (Lipinski definition) is 2. The number of hydrogen-bond donors (Lipinski definition) is 0. The van der Waals surface area contributed by atoms with Crippen molar-refractivity contribution in [2.24, 2.45) is 0 Å². The number of aldehydes is 2. The quantitative estimate of drug-likeness (QED) is 0.297. The van der Waals surface area contributed by atoms with Gasteiger partial charge in [0.2, 0.25) is 0 Å². The highest BCUT2D eigenvalue weighted by molar-refractivity contribution is 6.22. The van der Waals surface area contributed by atoms with E-state index in [-0.39, 0.29) is 0 Å². The van der Waals surface area contributed by atoms with Gasteiger partial charge in [-0.15, -0.1) is 0 Å². The molecule has 0 aliphatic carbocycles. The van der Waals surface area contributed by atoms with E-state index >= 15 is 0 Å². The Labute approximate surface area is 151 Å². The molecule has 124 valence electrons. The maximum atomic E-state index is 10.1. The second-order valence-electron chi connectivity index (χ2n) is 6.19. The molecule has 0 spiro atoms. The largest absolute Gasteiger partial charge is 0.298 e. The van der Waals surface area contributed by atoms with Crippen LogP contribution in [-0.4, -0.2) is 12.6 Å². The van der Waals surface area contributed by atoms with Crippen molar-refractivity contribution in [2.75, 3.05) is 0 Å². The Balaban J connectivity index is 0.000000146. The van der Waals surface area contributed by atoms with E-state index in [1.807, 2.05) is 0 Å². The minimum Gasteiger partial charge on any atom is -0.298 e. The van der Waals surface area contributed by atoms with Gasteiger partial charge in [0.25, 0.3) is 0 Å². The lowest BCUT2D eigenvalue weighted by Crippen LogP contribution is -1.82. The first kappa shape index (κ1) is 16.0. The summed E-state index contributed by atoms with van der Waals surface area (Å²) in [4.78, 5) is 20.2. The summed E-state index contributed by atoms with van der Waals surface area (Å²) in [6.07, 6.45) is 1.49. The van der Waals surface area contributed by atoms with E-state index in [9.17, 15) is 9.59 Å². The number of carbonyl (C=O) groups is 2. The zero-order valence-corrected chi connectivity index (χ0v) is 14.1. The summed E-state index contributed by atoms with van der Waals surface area (Å²) < 4.78 is 0. The zero-order chi connectivity index (χ0) is 17.9. The summed E-state index contributed by atoms with van der Waals surface area (Å²) in [5.74, 6) is 0. The van der Waals surface area contributed by atoms with E-state index in [1.165, 1.54) is 32.3 Å². The first-order valence-corrected chi connectivity index (χ1v) is 8.43. The predicted octanol–water partition coefficient (Wildman–Crippen LogP) is 5.90. The van der Waals surface area contributed by atoms with Crippen LogP contribution in [0.15, 0.2) is 84.9 Å². The maximum Gasteiger partial charge on any atom is 0.150 e. The van der Waals surface area contributed by atoms with Crippen LogP contribution < -0.4 is 0 Å². The van der Waals surface area contributed by atoms with Crippen LogP contribution in [0.2, 0.25) is 0 Å². The van der Waals surface area contributed by atoms with Crippen molar-refractivity contribution in [3.8, 4) is 0 Å². The second kappa shape index (κ2) is 6.77. The van der Waals surface area contributed by atoms with E-state index in [1.54, 1.807) is 24.3 Å². The molecule has 0 unspecified atom stereocenters. The van der Waals surface area contributed by atoms with Crippen molar-refractivity contribution in [3.05, 3.63) is 96.1 Å². The van der Waals surface area contributed by atoms with Crippen LogP contribution in [0.5, 0.6) is 0 Å². The molecule has 0 aromatic heterocycles. The van der Waals surface area contributed by atoms with Crippen molar-refractivity contribution in [1.29, 1.82) is 0 Å². The summed E-state index contributed by atoms with van der Waals surface area (Å²) in [6, 6.07) is 28.3. The monoisotopic (exact) mass is 336 g/mol. The van der Waals surface area contributed by atoms with Crippen LogP contribution in [0.3, 0.4) is 0 Å². The van der Waals surface area contributed by atoms with Crippen LogP contribution in [0, 0.1) is 0 Å². The summed E-state index contributed by atoms with van der Waals surface area (Å²) in [5.41, 5.74) is 1.18. The molecule has 0 N–H and O–H groups in total. The third-order valence-corrected chi connectivity index (χ3v) is 4.60. The fourth-order valence-corrected chi connectivity index (χ4v) is 3.32. The lowest BCUT2D eigenvalue weighted by atomic mass is 9.95. The van der Waals surface area contributed by atoms with E-state index in [2.05, 4.69) is 60.7 Å². The second-order valence-corrected chi connectivity index (χ2v) is 6.19. The van der Waals surface area contributed by atoms with Gasteiger partial charge in [0.15, 0.2) is 0 Å². The summed E-state index contributed by atoms with van der Waals surface area (Å²) >= 11 is 0. The Morgan fingerprint density at radius 1 is 0.423 bits per heavy atom. The summed E-state index contributed by atoms with van der Waals surface area (Å²) in [6.45, 7) is 0. The van der Waals surface area contributed by atoms with Gasteiger partial charge in [0.05, 0.1) is 0 Å². The highest BCUT2D eigenvalue weighted by Crippen LogP contribution is 2.33. The van der Waals surface area contributed by atoms with Gasteiger partial charge in [0.1, 0.15) is 12.6 Å². The first-order chi connectivity index (χ1) is 12.8. The Morgan fingerprint density at radius 3 is 1.00 bits per heavy atom. The molecular weight excluding hydrogens is 320 g/mol. The molecule has 0 saturated heterocycles. The van der Waals surface area contributed by atoms with E-state index in [4.69, 9.17) is 0 Å². The molecule has 5 rings (SSSR count). The molecule has 2 nitrogen and oxygen atoms in total. The first-order valence-electron chi connectivity index (χ1n) is 8.43. The van der Waals surface area contributed by atoms with Crippen LogP contribution in [0.25, 0.3) is 32.3 Å². The average Bonchev–Trinajstić information content (AvgIpc) is 2.73. The topological polar surface area (TPSA) is 34.1 Å². The highest BCUT2D eigenvalue weighted by Gasteiger charge is 2.05. The van der Waals surface area contributed by atoms with Gasteiger partial charge < -0.3 is 0 Å². The van der Waals surface area contributed by atoms with Crippen LogP contribution >= 0.6 is 0 Å². The molecule has 0 bridgehead atoms. The molecule has 0 fully saturated rings. The zero-order valence-electron chi connectivity index (χ0n) is 14.1. The molecule has 5 aromatic carbocycles. The molecule has 5 aromatic rings. The molecule has 26 heavy (non-hydrogen) atoms. The SMILES string of the molecule is O=Cc1ccc(C=O)cc1.c1cc2ccc3cccc4ccc(c1)c2c34. The van der Waals surface area contributed by atoms with Gasteiger partial charge in [-0.3, -0.25) is 9.59 Å². The molecule has 0 radical (unpaired) electrons. The summed E-state index contributed by atoms with van der Waals surface area (Å²) in [5, 5.41) is 8.14. The fourth-order valence-electron chi connectivity index (χ4n) is 3.32. The van der Waals surface area contributed by atoms with Crippen molar-refractivity contribution in [1.82, 2.24) is 0 Å². The van der Waals surface area contributed by atoms with Crippen LogP contribution in [0.4, 0.5) is 0 Å². The van der Waals surface area contributed by atoms with Crippen LogP contribution in [-0.2, 0) is 0 Å².